The van der Waals surface area contributed by atoms with Crippen molar-refractivity contribution < 1.29 is 28.7 Å². The second-order valence-corrected chi connectivity index (χ2v) is 9.47. The van der Waals surface area contributed by atoms with Crippen molar-refractivity contribution in [3.63, 3.8) is 0 Å². The highest BCUT2D eigenvalue weighted by atomic mass is 16.5. The Bertz CT molecular complexity index is 1460. The van der Waals surface area contributed by atoms with Gasteiger partial charge >= 0.3 is 18.0 Å². The van der Waals surface area contributed by atoms with Gasteiger partial charge in [0.1, 0.15) is 12.6 Å². The third-order valence-electron chi connectivity index (χ3n) is 6.36. The molecule has 1 atom stereocenters. The Hall–Kier alpha value is -4.92. The summed E-state index contributed by atoms with van der Waals surface area (Å²) in [6.45, 7) is 4.82. The molecule has 9 heteroatoms. The molecule has 1 heterocycles. The number of carbonyl (C=O) groups excluding carboxylic acids is 4. The fourth-order valence-corrected chi connectivity index (χ4v) is 4.52. The second-order valence-electron chi connectivity index (χ2n) is 9.47. The van der Waals surface area contributed by atoms with E-state index >= 15 is 0 Å². The number of nitrogens with zero attached hydrogens (tertiary/aromatic N) is 1. The molecule has 0 radical (unpaired) electrons. The summed E-state index contributed by atoms with van der Waals surface area (Å²) in [7, 11) is 1.28. The Morgan fingerprint density at radius 2 is 1.65 bits per heavy atom. The fourth-order valence-electron chi connectivity index (χ4n) is 4.52. The zero-order valence-corrected chi connectivity index (χ0v) is 22.8. The number of esters is 2. The lowest BCUT2D eigenvalue weighted by Gasteiger charge is -2.26. The van der Waals surface area contributed by atoms with Gasteiger partial charge in [-0.15, -0.1) is 0 Å². The monoisotopic (exact) mass is 541 g/mol. The Kier molecular flexibility index (Phi) is 8.63. The van der Waals surface area contributed by atoms with E-state index in [1.807, 2.05) is 42.5 Å². The molecule has 0 aromatic heterocycles. The average Bonchev–Trinajstić information content (AvgIpc) is 3.04. The second kappa shape index (κ2) is 12.3. The number of rotatable bonds is 7. The SMILES string of the molecule is COC(=O)c1cccc(NC(=O)NC2C=C(c3ccccc3)c3ccccc3N(CC(=O)OC(C)C)C2=O)c1C. The van der Waals surface area contributed by atoms with E-state index in [1.165, 1.54) is 12.0 Å². The van der Waals surface area contributed by atoms with Crippen LogP contribution < -0.4 is 15.5 Å². The molecule has 40 heavy (non-hydrogen) atoms. The summed E-state index contributed by atoms with van der Waals surface area (Å²) in [6.07, 6.45) is 1.33. The maximum Gasteiger partial charge on any atom is 0.338 e. The average molecular weight is 542 g/mol. The molecule has 9 nitrogen and oxygen atoms in total. The number of urea groups is 1. The van der Waals surface area contributed by atoms with Crippen molar-refractivity contribution in [3.8, 4) is 0 Å². The van der Waals surface area contributed by atoms with Crippen molar-refractivity contribution in [1.82, 2.24) is 5.32 Å². The highest BCUT2D eigenvalue weighted by molar-refractivity contribution is 6.09. The Morgan fingerprint density at radius 1 is 0.950 bits per heavy atom. The molecule has 0 saturated heterocycles. The van der Waals surface area contributed by atoms with Crippen LogP contribution in [0.4, 0.5) is 16.2 Å². The first-order valence-electron chi connectivity index (χ1n) is 12.8. The number of methoxy groups -OCH3 is 1. The third-order valence-corrected chi connectivity index (χ3v) is 6.36. The van der Waals surface area contributed by atoms with Crippen LogP contribution in [-0.4, -0.2) is 49.7 Å². The minimum absolute atomic E-state index is 0.308. The number of hydrogen-bond acceptors (Lipinski definition) is 6. The summed E-state index contributed by atoms with van der Waals surface area (Å²) in [4.78, 5) is 53.2. The van der Waals surface area contributed by atoms with Crippen molar-refractivity contribution in [2.75, 3.05) is 23.9 Å². The first-order valence-corrected chi connectivity index (χ1v) is 12.8. The topological polar surface area (TPSA) is 114 Å². The molecule has 206 valence electrons. The van der Waals surface area contributed by atoms with Gasteiger partial charge in [0, 0.05) is 11.3 Å². The highest BCUT2D eigenvalue weighted by Crippen LogP contribution is 2.35. The van der Waals surface area contributed by atoms with Gasteiger partial charge < -0.3 is 20.1 Å². The summed E-state index contributed by atoms with van der Waals surface area (Å²) >= 11 is 0. The van der Waals surface area contributed by atoms with Crippen LogP contribution in [0.15, 0.2) is 78.9 Å². The molecular formula is C31H31N3O6. The van der Waals surface area contributed by atoms with Crippen molar-refractivity contribution in [3.05, 3.63) is 101 Å². The first kappa shape index (κ1) is 28.1. The molecule has 0 saturated carbocycles. The zero-order chi connectivity index (χ0) is 28.8. The number of carbonyl (C=O) groups is 4. The van der Waals surface area contributed by atoms with E-state index in [1.54, 1.807) is 57.2 Å². The molecule has 0 bridgehead atoms. The molecule has 1 unspecified atom stereocenters. The van der Waals surface area contributed by atoms with Gasteiger partial charge in [0.05, 0.1) is 24.5 Å². The van der Waals surface area contributed by atoms with Gasteiger partial charge in [0.25, 0.3) is 5.91 Å². The quantitative estimate of drug-likeness (QED) is 0.419. The predicted molar refractivity (Wildman–Crippen MR) is 152 cm³/mol. The maximum atomic E-state index is 13.9. The molecule has 3 amide bonds. The van der Waals surface area contributed by atoms with Gasteiger partial charge in [0.2, 0.25) is 0 Å². The Morgan fingerprint density at radius 3 is 2.35 bits per heavy atom. The number of nitrogens with one attached hydrogen (secondary N) is 2. The summed E-state index contributed by atoms with van der Waals surface area (Å²) in [5, 5.41) is 5.47. The Balaban J connectivity index is 1.71. The van der Waals surface area contributed by atoms with Gasteiger partial charge in [-0.25, -0.2) is 9.59 Å². The molecule has 4 rings (SSSR count). The number of hydrogen-bond donors (Lipinski definition) is 2. The number of para-hydroxylation sites is 1. The summed E-state index contributed by atoms with van der Waals surface area (Å²) in [6, 6.07) is 19.8. The van der Waals surface area contributed by atoms with Gasteiger partial charge in [-0.2, -0.15) is 0 Å². The van der Waals surface area contributed by atoms with Crippen molar-refractivity contribution >= 4 is 40.8 Å². The normalized spacial score (nSPS) is 14.5. The van der Waals surface area contributed by atoms with Gasteiger partial charge in [0.15, 0.2) is 0 Å². The highest BCUT2D eigenvalue weighted by Gasteiger charge is 2.33. The minimum Gasteiger partial charge on any atom is -0.465 e. The van der Waals surface area contributed by atoms with E-state index in [-0.39, 0.29) is 12.6 Å². The van der Waals surface area contributed by atoms with Crippen LogP contribution in [0, 0.1) is 6.92 Å². The molecule has 3 aromatic rings. The number of anilines is 2. The van der Waals surface area contributed by atoms with E-state index in [2.05, 4.69) is 10.6 Å². The van der Waals surface area contributed by atoms with Crippen molar-refractivity contribution in [2.45, 2.75) is 32.9 Å². The van der Waals surface area contributed by atoms with Crippen molar-refractivity contribution in [2.24, 2.45) is 0 Å². The van der Waals surface area contributed by atoms with Crippen LogP contribution >= 0.6 is 0 Å². The lowest BCUT2D eigenvalue weighted by atomic mass is 9.95. The van der Waals surface area contributed by atoms with Crippen molar-refractivity contribution in [1.29, 1.82) is 0 Å². The van der Waals surface area contributed by atoms with Crippen LogP contribution in [-0.2, 0) is 19.1 Å². The van der Waals surface area contributed by atoms with Crippen LogP contribution in [0.25, 0.3) is 5.57 Å². The molecule has 0 fully saturated rings. The third kappa shape index (κ3) is 6.20. The lowest BCUT2D eigenvalue weighted by Crippen LogP contribution is -2.50. The molecular weight excluding hydrogens is 510 g/mol. The first-order chi connectivity index (χ1) is 19.2. The standard InChI is InChI=1S/C31H31N3O6/c1-19(2)40-28(35)18-34-27-16-9-8-13-23(27)24(21-11-6-5-7-12-21)17-26(29(34)36)33-31(38)32-25-15-10-14-22(20(25)3)30(37)39-4/h5-17,19,26H,18H2,1-4H3,(H2,32,33,38). The van der Waals surface area contributed by atoms with E-state index in [0.717, 1.165) is 16.7 Å². The summed E-state index contributed by atoms with van der Waals surface area (Å²) in [5.74, 6) is -1.60. The number of amides is 3. The Labute approximate surface area is 232 Å². The van der Waals surface area contributed by atoms with Crippen LogP contribution in [0.2, 0.25) is 0 Å². The van der Waals surface area contributed by atoms with Crippen LogP contribution in [0.1, 0.15) is 40.9 Å². The van der Waals surface area contributed by atoms with Gasteiger partial charge in [-0.05, 0) is 61.7 Å². The largest absolute Gasteiger partial charge is 0.465 e. The molecule has 1 aliphatic rings. The summed E-state index contributed by atoms with van der Waals surface area (Å²) in [5.41, 5.74) is 4.02. The van der Waals surface area contributed by atoms with E-state index < -0.39 is 29.9 Å². The minimum atomic E-state index is -1.13. The number of fused-ring (bicyclic) bond motifs is 1. The predicted octanol–water partition coefficient (Wildman–Crippen LogP) is 4.70. The smallest absolute Gasteiger partial charge is 0.338 e. The maximum absolute atomic E-state index is 13.9. The fraction of sp³-hybridized carbons (Fsp3) is 0.226. The van der Waals surface area contributed by atoms with E-state index in [9.17, 15) is 19.2 Å². The number of ether oxygens (including phenoxy) is 2. The molecule has 0 spiro atoms. The number of benzene rings is 3. The lowest BCUT2D eigenvalue weighted by molar-refractivity contribution is -0.146. The van der Waals surface area contributed by atoms with E-state index in [4.69, 9.17) is 9.47 Å². The zero-order valence-electron chi connectivity index (χ0n) is 22.8. The van der Waals surface area contributed by atoms with Crippen LogP contribution in [0.3, 0.4) is 0 Å². The molecule has 2 N–H and O–H groups in total. The van der Waals surface area contributed by atoms with Gasteiger partial charge in [-0.1, -0.05) is 54.6 Å². The molecule has 0 aliphatic carbocycles. The molecule has 1 aliphatic heterocycles. The summed E-state index contributed by atoms with van der Waals surface area (Å²) < 4.78 is 10.1. The van der Waals surface area contributed by atoms with Gasteiger partial charge in [-0.3, -0.25) is 14.5 Å². The molecule has 3 aromatic carbocycles. The van der Waals surface area contributed by atoms with E-state index in [0.29, 0.717) is 22.5 Å². The van der Waals surface area contributed by atoms with Crippen LogP contribution in [0.5, 0.6) is 0 Å².